The molecule has 0 heterocycles. The molecule has 172 valence electrons. The molecule has 0 spiro atoms. The summed E-state index contributed by atoms with van der Waals surface area (Å²) in [6.45, 7) is 4.13. The van der Waals surface area contributed by atoms with Crippen molar-refractivity contribution in [3.05, 3.63) is 125 Å². The van der Waals surface area contributed by atoms with Gasteiger partial charge in [0.1, 0.15) is 0 Å². The van der Waals surface area contributed by atoms with Gasteiger partial charge in [-0.3, -0.25) is 9.10 Å². The predicted molar refractivity (Wildman–Crippen MR) is 137 cm³/mol. The fourth-order valence-corrected chi connectivity index (χ4v) is 5.03. The van der Waals surface area contributed by atoms with E-state index in [1.807, 2.05) is 62.4 Å². The second kappa shape index (κ2) is 9.93. The Morgan fingerprint density at radius 3 is 2.00 bits per heavy atom. The molecule has 4 rings (SSSR count). The third-order valence-electron chi connectivity index (χ3n) is 5.68. The molecule has 0 unspecified atom stereocenters. The van der Waals surface area contributed by atoms with Crippen molar-refractivity contribution in [1.29, 1.82) is 0 Å². The van der Waals surface area contributed by atoms with Crippen molar-refractivity contribution < 1.29 is 13.2 Å². The van der Waals surface area contributed by atoms with E-state index in [9.17, 15) is 13.2 Å². The summed E-state index contributed by atoms with van der Waals surface area (Å²) in [7, 11) is -3.78. The van der Waals surface area contributed by atoms with Crippen LogP contribution in [0.25, 0.3) is 0 Å². The SMILES string of the molecule is Cc1ccc(N(Cc2ccc(NC(=O)c3ccccc3)cc2)S(=O)(=O)c2ccccc2)cc1C. The van der Waals surface area contributed by atoms with E-state index in [0.717, 1.165) is 16.7 Å². The minimum absolute atomic E-state index is 0.159. The molecule has 0 aliphatic heterocycles. The van der Waals surface area contributed by atoms with Gasteiger partial charge in [0, 0.05) is 11.3 Å². The number of anilines is 2. The van der Waals surface area contributed by atoms with Crippen LogP contribution >= 0.6 is 0 Å². The zero-order valence-electron chi connectivity index (χ0n) is 19.1. The highest BCUT2D eigenvalue weighted by Crippen LogP contribution is 2.28. The molecule has 6 heteroatoms. The minimum atomic E-state index is -3.78. The number of nitrogens with one attached hydrogen (secondary N) is 1. The Labute approximate surface area is 200 Å². The van der Waals surface area contributed by atoms with Crippen molar-refractivity contribution in [3.8, 4) is 0 Å². The zero-order chi connectivity index (χ0) is 24.1. The van der Waals surface area contributed by atoms with Crippen LogP contribution in [0.5, 0.6) is 0 Å². The summed E-state index contributed by atoms with van der Waals surface area (Å²) in [5.41, 5.74) is 4.73. The van der Waals surface area contributed by atoms with Crippen molar-refractivity contribution in [2.24, 2.45) is 0 Å². The average molecular weight is 471 g/mol. The molecule has 0 radical (unpaired) electrons. The molecule has 0 aliphatic rings. The first-order chi connectivity index (χ1) is 16.3. The van der Waals surface area contributed by atoms with Gasteiger partial charge in [-0.05, 0) is 79.1 Å². The van der Waals surface area contributed by atoms with E-state index in [-0.39, 0.29) is 17.3 Å². The number of aryl methyl sites for hydroxylation is 2. The molecule has 0 bridgehead atoms. The van der Waals surface area contributed by atoms with Crippen molar-refractivity contribution in [2.75, 3.05) is 9.62 Å². The first-order valence-electron chi connectivity index (χ1n) is 10.9. The minimum Gasteiger partial charge on any atom is -0.322 e. The van der Waals surface area contributed by atoms with Crippen LogP contribution in [0.2, 0.25) is 0 Å². The van der Waals surface area contributed by atoms with Gasteiger partial charge in [-0.1, -0.05) is 54.6 Å². The molecule has 1 amide bonds. The van der Waals surface area contributed by atoms with Crippen molar-refractivity contribution >= 4 is 27.3 Å². The molecule has 1 N–H and O–H groups in total. The maximum Gasteiger partial charge on any atom is 0.264 e. The maximum atomic E-state index is 13.6. The fraction of sp³-hybridized carbons (Fsp3) is 0.107. The number of benzene rings is 4. The molecule has 4 aromatic rings. The third kappa shape index (κ3) is 5.18. The van der Waals surface area contributed by atoms with Gasteiger partial charge in [-0.25, -0.2) is 8.42 Å². The van der Waals surface area contributed by atoms with Gasteiger partial charge in [0.2, 0.25) is 0 Å². The van der Waals surface area contributed by atoms with E-state index in [1.54, 1.807) is 54.6 Å². The van der Waals surface area contributed by atoms with Crippen LogP contribution in [0.1, 0.15) is 27.0 Å². The van der Waals surface area contributed by atoms with Crippen molar-refractivity contribution in [3.63, 3.8) is 0 Å². The highest BCUT2D eigenvalue weighted by molar-refractivity contribution is 7.92. The van der Waals surface area contributed by atoms with Crippen LogP contribution in [-0.2, 0) is 16.6 Å². The molecule has 5 nitrogen and oxygen atoms in total. The van der Waals surface area contributed by atoms with Crippen molar-refractivity contribution in [2.45, 2.75) is 25.3 Å². The van der Waals surface area contributed by atoms with E-state index < -0.39 is 10.0 Å². The van der Waals surface area contributed by atoms with Crippen LogP contribution in [0.3, 0.4) is 0 Å². The summed E-state index contributed by atoms with van der Waals surface area (Å²) < 4.78 is 28.6. The molecular weight excluding hydrogens is 444 g/mol. The van der Waals surface area contributed by atoms with Crippen LogP contribution in [0.4, 0.5) is 11.4 Å². The van der Waals surface area contributed by atoms with Gasteiger partial charge in [0.25, 0.3) is 15.9 Å². The number of carbonyl (C=O) groups excluding carboxylic acids is 1. The zero-order valence-corrected chi connectivity index (χ0v) is 19.9. The molecule has 34 heavy (non-hydrogen) atoms. The lowest BCUT2D eigenvalue weighted by Crippen LogP contribution is -2.30. The van der Waals surface area contributed by atoms with Gasteiger partial charge in [-0.2, -0.15) is 0 Å². The predicted octanol–water partition coefficient (Wildman–Crippen LogP) is 5.95. The Hall–Kier alpha value is -3.90. The molecule has 0 saturated heterocycles. The molecule has 0 aliphatic carbocycles. The molecular formula is C28H26N2O3S. The second-order valence-electron chi connectivity index (χ2n) is 8.11. The normalized spacial score (nSPS) is 11.1. The van der Waals surface area contributed by atoms with Crippen LogP contribution in [0, 0.1) is 13.8 Å². The van der Waals surface area contributed by atoms with Gasteiger partial charge in [0.15, 0.2) is 0 Å². The Balaban J connectivity index is 1.61. The summed E-state index contributed by atoms with van der Waals surface area (Å²) in [6, 6.07) is 30.3. The van der Waals surface area contributed by atoms with E-state index in [2.05, 4.69) is 5.32 Å². The summed E-state index contributed by atoms with van der Waals surface area (Å²) in [5.74, 6) is -0.197. The Kier molecular flexibility index (Phi) is 6.80. The van der Waals surface area contributed by atoms with E-state index in [4.69, 9.17) is 0 Å². The molecule has 0 aromatic heterocycles. The standard InChI is InChI=1S/C28H26N2O3S/c1-21-13-18-26(19-22(21)2)30(34(32,33)27-11-7-4-8-12-27)20-23-14-16-25(17-15-23)29-28(31)24-9-5-3-6-10-24/h3-19H,20H2,1-2H3,(H,29,31). The van der Waals surface area contributed by atoms with Crippen LogP contribution in [-0.4, -0.2) is 14.3 Å². The number of rotatable bonds is 7. The van der Waals surface area contributed by atoms with E-state index in [1.165, 1.54) is 4.31 Å². The quantitative estimate of drug-likeness (QED) is 0.363. The smallest absolute Gasteiger partial charge is 0.264 e. The summed E-state index contributed by atoms with van der Waals surface area (Å²) in [5, 5.41) is 2.87. The maximum absolute atomic E-state index is 13.6. The van der Waals surface area contributed by atoms with Gasteiger partial charge < -0.3 is 5.32 Å². The van der Waals surface area contributed by atoms with Gasteiger partial charge in [0.05, 0.1) is 17.1 Å². The van der Waals surface area contributed by atoms with Crippen LogP contribution in [0.15, 0.2) is 108 Å². The lowest BCUT2D eigenvalue weighted by Gasteiger charge is -2.25. The topological polar surface area (TPSA) is 66.5 Å². The molecule has 0 saturated carbocycles. The summed E-state index contributed by atoms with van der Waals surface area (Å²) >= 11 is 0. The lowest BCUT2D eigenvalue weighted by molar-refractivity contribution is 0.102. The number of nitrogens with zero attached hydrogens (tertiary/aromatic N) is 1. The Morgan fingerprint density at radius 1 is 0.765 bits per heavy atom. The largest absolute Gasteiger partial charge is 0.322 e. The highest BCUT2D eigenvalue weighted by atomic mass is 32.2. The number of amides is 1. The summed E-state index contributed by atoms with van der Waals surface area (Å²) in [4.78, 5) is 12.6. The molecule has 0 atom stereocenters. The second-order valence-corrected chi connectivity index (χ2v) is 9.97. The molecule has 0 fully saturated rings. The van der Waals surface area contributed by atoms with E-state index >= 15 is 0 Å². The Morgan fingerprint density at radius 2 is 1.38 bits per heavy atom. The lowest BCUT2D eigenvalue weighted by atomic mass is 10.1. The monoisotopic (exact) mass is 470 g/mol. The average Bonchev–Trinajstić information content (AvgIpc) is 2.86. The Bertz CT molecular complexity index is 1390. The third-order valence-corrected chi connectivity index (χ3v) is 7.47. The first kappa shape index (κ1) is 23.3. The van der Waals surface area contributed by atoms with Gasteiger partial charge in [-0.15, -0.1) is 0 Å². The number of hydrogen-bond donors (Lipinski definition) is 1. The van der Waals surface area contributed by atoms with Crippen molar-refractivity contribution in [1.82, 2.24) is 0 Å². The van der Waals surface area contributed by atoms with E-state index in [0.29, 0.717) is 16.9 Å². The number of carbonyl (C=O) groups is 1. The first-order valence-corrected chi connectivity index (χ1v) is 12.4. The highest BCUT2D eigenvalue weighted by Gasteiger charge is 2.25. The fourth-order valence-electron chi connectivity index (χ4n) is 3.57. The summed E-state index contributed by atoms with van der Waals surface area (Å²) in [6.07, 6.45) is 0. The number of sulfonamides is 1. The van der Waals surface area contributed by atoms with Crippen LogP contribution < -0.4 is 9.62 Å². The number of hydrogen-bond acceptors (Lipinski definition) is 3. The van der Waals surface area contributed by atoms with Gasteiger partial charge >= 0.3 is 0 Å². The molecule has 4 aromatic carbocycles.